The first-order chi connectivity index (χ1) is 16.9. The summed E-state index contributed by atoms with van der Waals surface area (Å²) < 4.78 is 20.1. The molecule has 0 unspecified atom stereocenters. The molecule has 0 atom stereocenters. The van der Waals surface area contributed by atoms with Crippen LogP contribution in [0.1, 0.15) is 50.0 Å². The minimum Gasteiger partial charge on any atom is -0.389 e. The zero-order valence-electron chi connectivity index (χ0n) is 20.0. The van der Waals surface area contributed by atoms with Crippen LogP contribution in [-0.2, 0) is 11.2 Å². The number of hydrogen-bond donors (Lipinski definition) is 2. The first-order valence-corrected chi connectivity index (χ1v) is 12.4. The second-order valence-electron chi connectivity index (χ2n) is 9.95. The van der Waals surface area contributed by atoms with Crippen molar-refractivity contribution in [1.29, 1.82) is 0 Å². The summed E-state index contributed by atoms with van der Waals surface area (Å²) >= 11 is 0. The summed E-state index contributed by atoms with van der Waals surface area (Å²) in [5, 5.41) is 23.0. The van der Waals surface area contributed by atoms with Gasteiger partial charge in [0.15, 0.2) is 5.82 Å². The first-order valence-electron chi connectivity index (χ1n) is 12.4. The van der Waals surface area contributed by atoms with Crippen LogP contribution in [0.25, 0.3) is 5.69 Å². The highest BCUT2D eigenvalue weighted by atomic mass is 19.1. The van der Waals surface area contributed by atoms with Gasteiger partial charge in [-0.2, -0.15) is 5.10 Å². The maximum absolute atomic E-state index is 13.3. The van der Waals surface area contributed by atoms with Gasteiger partial charge in [-0.3, -0.25) is 4.79 Å². The second-order valence-corrected chi connectivity index (χ2v) is 9.95. The van der Waals surface area contributed by atoms with Crippen molar-refractivity contribution in [2.45, 2.75) is 63.5 Å². The highest BCUT2D eigenvalue weighted by Gasteiger charge is 2.37. The number of aliphatic hydroxyl groups is 1. The number of halogens is 1. The minimum absolute atomic E-state index is 0.0400. The van der Waals surface area contributed by atoms with Crippen LogP contribution >= 0.6 is 0 Å². The van der Waals surface area contributed by atoms with Gasteiger partial charge < -0.3 is 19.8 Å². The Kier molecular flexibility index (Phi) is 6.60. The molecule has 2 aromatic heterocycles. The number of likely N-dealkylation sites (tertiary alicyclic amines) is 1. The van der Waals surface area contributed by atoms with Crippen LogP contribution < -0.4 is 5.32 Å². The lowest BCUT2D eigenvalue weighted by molar-refractivity contribution is -0.140. The van der Waals surface area contributed by atoms with Gasteiger partial charge in [-0.1, -0.05) is 5.16 Å². The third-order valence-corrected chi connectivity index (χ3v) is 7.36. The third-order valence-electron chi connectivity index (χ3n) is 7.36. The molecule has 1 saturated heterocycles. The van der Waals surface area contributed by atoms with Gasteiger partial charge >= 0.3 is 0 Å². The van der Waals surface area contributed by atoms with E-state index in [4.69, 9.17) is 4.52 Å². The molecule has 9 heteroatoms. The van der Waals surface area contributed by atoms with Crippen LogP contribution in [0.3, 0.4) is 0 Å². The molecule has 0 bridgehead atoms. The number of hydrogen-bond acceptors (Lipinski definition) is 6. The SMILES string of the molecule is Cc1cc(N[C@H]2CC[C@H](C(=O)N3CCC(O)(Cc4ccnn4-c4ccc(F)cc4)CC3)CC2)no1. The molecule has 1 amide bonds. The van der Waals surface area contributed by atoms with Crippen molar-refractivity contribution < 1.29 is 18.8 Å². The van der Waals surface area contributed by atoms with E-state index in [0.29, 0.717) is 38.4 Å². The van der Waals surface area contributed by atoms with E-state index in [0.717, 1.165) is 48.6 Å². The number of carbonyl (C=O) groups excluding carboxylic acids is 1. The number of benzene rings is 1. The number of nitrogens with one attached hydrogen (secondary N) is 1. The fourth-order valence-electron chi connectivity index (χ4n) is 5.32. The maximum Gasteiger partial charge on any atom is 0.225 e. The van der Waals surface area contributed by atoms with Gasteiger partial charge in [0.25, 0.3) is 0 Å². The average molecular weight is 482 g/mol. The Morgan fingerprint density at radius 2 is 1.89 bits per heavy atom. The highest BCUT2D eigenvalue weighted by molar-refractivity contribution is 5.79. The largest absolute Gasteiger partial charge is 0.389 e. The molecule has 1 aliphatic carbocycles. The molecule has 2 aliphatic rings. The Bertz CT molecular complexity index is 1140. The lowest BCUT2D eigenvalue weighted by Crippen LogP contribution is -2.50. The fraction of sp³-hybridized carbons (Fsp3) is 0.500. The monoisotopic (exact) mass is 481 g/mol. The van der Waals surface area contributed by atoms with Gasteiger partial charge in [0.05, 0.1) is 11.3 Å². The normalized spacial score (nSPS) is 22.2. The van der Waals surface area contributed by atoms with E-state index in [1.807, 2.05) is 24.0 Å². The van der Waals surface area contributed by atoms with Crippen LogP contribution in [0.4, 0.5) is 10.2 Å². The second kappa shape index (κ2) is 9.81. The quantitative estimate of drug-likeness (QED) is 0.555. The minimum atomic E-state index is -0.897. The lowest BCUT2D eigenvalue weighted by atomic mass is 9.83. The molecule has 1 aromatic carbocycles. The van der Waals surface area contributed by atoms with Crippen molar-refractivity contribution in [3.05, 3.63) is 59.9 Å². The van der Waals surface area contributed by atoms with E-state index >= 15 is 0 Å². The van der Waals surface area contributed by atoms with E-state index in [1.165, 1.54) is 12.1 Å². The van der Waals surface area contributed by atoms with E-state index in [9.17, 15) is 14.3 Å². The topological polar surface area (TPSA) is 96.4 Å². The molecule has 0 radical (unpaired) electrons. The zero-order valence-corrected chi connectivity index (χ0v) is 20.0. The van der Waals surface area contributed by atoms with Crippen LogP contribution in [0.15, 0.2) is 47.1 Å². The number of piperidine rings is 1. The Hall–Kier alpha value is -3.20. The molecule has 1 saturated carbocycles. The molecule has 1 aliphatic heterocycles. The lowest BCUT2D eigenvalue weighted by Gasteiger charge is -2.40. The van der Waals surface area contributed by atoms with Crippen molar-refractivity contribution in [3.8, 4) is 5.69 Å². The molecule has 3 aromatic rings. The van der Waals surface area contributed by atoms with Gasteiger partial charge in [-0.05, 0) is 75.8 Å². The van der Waals surface area contributed by atoms with Gasteiger partial charge in [0, 0.05) is 49.4 Å². The Morgan fingerprint density at radius 1 is 1.17 bits per heavy atom. The summed E-state index contributed by atoms with van der Waals surface area (Å²) in [6.07, 6.45) is 6.72. The van der Waals surface area contributed by atoms with Crippen LogP contribution in [0.5, 0.6) is 0 Å². The van der Waals surface area contributed by atoms with E-state index in [1.54, 1.807) is 23.0 Å². The van der Waals surface area contributed by atoms with Gasteiger partial charge in [-0.15, -0.1) is 0 Å². The number of aromatic nitrogens is 3. The van der Waals surface area contributed by atoms with Gasteiger partial charge in [0.1, 0.15) is 11.6 Å². The predicted molar refractivity (Wildman–Crippen MR) is 129 cm³/mol. The molecule has 3 heterocycles. The standard InChI is InChI=1S/C26H32FN5O3/c1-18-16-24(30-35-18)29-21-6-2-19(3-7-21)25(33)31-14-11-26(34,12-15-31)17-23-10-13-28-32(23)22-8-4-20(27)5-9-22/h4-5,8-10,13,16,19,21,34H,2-3,6-7,11-12,14-15,17H2,1H3,(H,29,30)/t19-,21-. The molecule has 0 spiro atoms. The van der Waals surface area contributed by atoms with Crippen molar-refractivity contribution in [2.24, 2.45) is 5.92 Å². The smallest absolute Gasteiger partial charge is 0.225 e. The average Bonchev–Trinajstić information content (AvgIpc) is 3.48. The third kappa shape index (κ3) is 5.40. The molecule has 2 fully saturated rings. The number of carbonyl (C=O) groups is 1. The number of aryl methyl sites for hydroxylation is 1. The highest BCUT2D eigenvalue weighted by Crippen LogP contribution is 2.32. The van der Waals surface area contributed by atoms with E-state index in [-0.39, 0.29) is 17.6 Å². The van der Waals surface area contributed by atoms with Crippen molar-refractivity contribution >= 4 is 11.7 Å². The van der Waals surface area contributed by atoms with Crippen molar-refractivity contribution in [3.63, 3.8) is 0 Å². The van der Waals surface area contributed by atoms with Crippen LogP contribution in [-0.4, -0.2) is 55.6 Å². The first kappa shape index (κ1) is 23.5. The van der Waals surface area contributed by atoms with Crippen LogP contribution in [0.2, 0.25) is 0 Å². The summed E-state index contributed by atoms with van der Waals surface area (Å²) in [6.45, 7) is 2.97. The molecule has 35 heavy (non-hydrogen) atoms. The van der Waals surface area contributed by atoms with Gasteiger partial charge in [0.2, 0.25) is 5.91 Å². The Labute approximate surface area is 204 Å². The van der Waals surface area contributed by atoms with Gasteiger partial charge in [-0.25, -0.2) is 9.07 Å². The number of rotatable bonds is 6. The van der Waals surface area contributed by atoms with Crippen molar-refractivity contribution in [1.82, 2.24) is 19.8 Å². The predicted octanol–water partition coefficient (Wildman–Crippen LogP) is 3.87. The summed E-state index contributed by atoms with van der Waals surface area (Å²) in [5.74, 6) is 1.49. The Balaban J connectivity index is 1.12. The number of nitrogens with zero attached hydrogens (tertiary/aromatic N) is 4. The van der Waals surface area contributed by atoms with E-state index in [2.05, 4.69) is 15.6 Å². The molecule has 8 nitrogen and oxygen atoms in total. The molecule has 186 valence electrons. The van der Waals surface area contributed by atoms with E-state index < -0.39 is 5.60 Å². The Morgan fingerprint density at radius 3 is 2.54 bits per heavy atom. The molecular formula is C26H32FN5O3. The molecule has 2 N–H and O–H groups in total. The summed E-state index contributed by atoms with van der Waals surface area (Å²) in [4.78, 5) is 15.1. The number of anilines is 1. The number of amides is 1. The molecular weight excluding hydrogens is 449 g/mol. The summed E-state index contributed by atoms with van der Waals surface area (Å²) in [5.41, 5.74) is 0.727. The molecule has 5 rings (SSSR count). The fourth-order valence-corrected chi connectivity index (χ4v) is 5.32. The summed E-state index contributed by atoms with van der Waals surface area (Å²) in [7, 11) is 0. The van der Waals surface area contributed by atoms with Crippen LogP contribution in [0, 0.1) is 18.7 Å². The maximum atomic E-state index is 13.3. The van der Waals surface area contributed by atoms with Crippen molar-refractivity contribution in [2.75, 3.05) is 18.4 Å². The summed E-state index contributed by atoms with van der Waals surface area (Å²) in [6, 6.07) is 10.2. The zero-order chi connectivity index (χ0) is 24.4.